The first-order valence-corrected chi connectivity index (χ1v) is 5.99. The van der Waals surface area contributed by atoms with Gasteiger partial charge in [0.25, 0.3) is 0 Å². The van der Waals surface area contributed by atoms with Crippen LogP contribution in [0.3, 0.4) is 0 Å². The largest absolute Gasteiger partial charge is 0.378 e. The van der Waals surface area contributed by atoms with E-state index in [2.05, 4.69) is 10.6 Å². The molecule has 1 aromatic rings. The van der Waals surface area contributed by atoms with Crippen molar-refractivity contribution in [1.82, 2.24) is 5.32 Å². The third-order valence-corrected chi connectivity index (χ3v) is 3.16. The van der Waals surface area contributed by atoms with Gasteiger partial charge in [-0.1, -0.05) is 23.2 Å². The van der Waals surface area contributed by atoms with Crippen LogP contribution in [-0.4, -0.2) is 31.7 Å². The van der Waals surface area contributed by atoms with Gasteiger partial charge in [0.2, 0.25) is 5.91 Å². The normalized spacial score (nSPS) is 20.0. The second kappa shape index (κ2) is 5.69. The zero-order valence-electron chi connectivity index (χ0n) is 9.00. The van der Waals surface area contributed by atoms with E-state index in [1.165, 1.54) is 0 Å². The van der Waals surface area contributed by atoms with Crippen molar-refractivity contribution in [3.05, 3.63) is 28.2 Å². The Balaban J connectivity index is 1.99. The van der Waals surface area contributed by atoms with Crippen LogP contribution in [0.25, 0.3) is 0 Å². The van der Waals surface area contributed by atoms with Crippen LogP contribution >= 0.6 is 23.2 Å². The van der Waals surface area contributed by atoms with E-state index in [1.54, 1.807) is 18.2 Å². The average Bonchev–Trinajstić information content (AvgIpc) is 2.35. The molecular formula is C11H12Cl2N2O2. The Morgan fingerprint density at radius 3 is 2.88 bits per heavy atom. The topological polar surface area (TPSA) is 50.4 Å². The van der Waals surface area contributed by atoms with Crippen LogP contribution < -0.4 is 10.6 Å². The maximum absolute atomic E-state index is 11.8. The van der Waals surface area contributed by atoms with Gasteiger partial charge in [-0.15, -0.1) is 0 Å². The summed E-state index contributed by atoms with van der Waals surface area (Å²) in [4.78, 5) is 11.8. The van der Waals surface area contributed by atoms with Crippen LogP contribution in [0.2, 0.25) is 10.0 Å². The van der Waals surface area contributed by atoms with Crippen LogP contribution in [0.15, 0.2) is 18.2 Å². The van der Waals surface area contributed by atoms with Gasteiger partial charge >= 0.3 is 0 Å². The monoisotopic (exact) mass is 274 g/mol. The summed E-state index contributed by atoms with van der Waals surface area (Å²) in [5.41, 5.74) is 0.622. The molecule has 0 spiro atoms. The molecule has 0 aliphatic carbocycles. The minimum Gasteiger partial charge on any atom is -0.378 e. The van der Waals surface area contributed by atoms with Crippen LogP contribution in [0.1, 0.15) is 0 Å². The number of ether oxygens (including phenoxy) is 1. The van der Waals surface area contributed by atoms with Crippen molar-refractivity contribution in [2.75, 3.05) is 25.1 Å². The molecule has 0 aromatic heterocycles. The molecule has 0 saturated carbocycles. The lowest BCUT2D eigenvalue weighted by Gasteiger charge is -2.22. The van der Waals surface area contributed by atoms with E-state index in [0.29, 0.717) is 35.5 Å². The third-order valence-electron chi connectivity index (χ3n) is 2.43. The Kier molecular flexibility index (Phi) is 4.23. The van der Waals surface area contributed by atoms with E-state index < -0.39 is 0 Å². The number of carbonyl (C=O) groups is 1. The number of hydrogen-bond donors (Lipinski definition) is 2. The standard InChI is InChI=1S/C11H12Cl2N2O2/c12-8-2-1-7(5-9(8)13)15-11(16)10-6-17-4-3-14-10/h1-2,5,10,14H,3-4,6H2,(H,15,16). The molecule has 1 heterocycles. The number of benzene rings is 1. The second-order valence-electron chi connectivity index (χ2n) is 3.70. The van der Waals surface area contributed by atoms with Gasteiger partial charge in [0.1, 0.15) is 6.04 Å². The van der Waals surface area contributed by atoms with Crippen LogP contribution in [0.4, 0.5) is 5.69 Å². The number of hydrogen-bond acceptors (Lipinski definition) is 3. The highest BCUT2D eigenvalue weighted by Gasteiger charge is 2.21. The summed E-state index contributed by atoms with van der Waals surface area (Å²) >= 11 is 11.6. The Morgan fingerprint density at radius 1 is 1.41 bits per heavy atom. The molecular weight excluding hydrogens is 263 g/mol. The molecule has 1 aromatic carbocycles. The Hall–Kier alpha value is -0.810. The van der Waals surface area contributed by atoms with Gasteiger partial charge in [-0.2, -0.15) is 0 Å². The molecule has 1 aliphatic heterocycles. The maximum Gasteiger partial charge on any atom is 0.243 e. The lowest BCUT2D eigenvalue weighted by atomic mass is 10.2. The van der Waals surface area contributed by atoms with Crippen LogP contribution in [-0.2, 0) is 9.53 Å². The molecule has 0 bridgehead atoms. The van der Waals surface area contributed by atoms with Crippen molar-refractivity contribution in [3.63, 3.8) is 0 Å². The van der Waals surface area contributed by atoms with Crippen molar-refractivity contribution >= 4 is 34.8 Å². The molecule has 4 nitrogen and oxygen atoms in total. The maximum atomic E-state index is 11.8. The van der Waals surface area contributed by atoms with Gasteiger partial charge in [0.15, 0.2) is 0 Å². The van der Waals surface area contributed by atoms with E-state index >= 15 is 0 Å². The summed E-state index contributed by atoms with van der Waals surface area (Å²) in [7, 11) is 0. The van der Waals surface area contributed by atoms with Gasteiger partial charge in [0.05, 0.1) is 23.3 Å². The molecule has 2 N–H and O–H groups in total. The number of carbonyl (C=O) groups excluding carboxylic acids is 1. The Morgan fingerprint density at radius 2 is 2.24 bits per heavy atom. The SMILES string of the molecule is O=C(Nc1ccc(Cl)c(Cl)c1)C1COCCN1. The van der Waals surface area contributed by atoms with Gasteiger partial charge in [-0.3, -0.25) is 4.79 Å². The number of nitrogens with one attached hydrogen (secondary N) is 2. The molecule has 1 aliphatic rings. The second-order valence-corrected chi connectivity index (χ2v) is 4.51. The Labute approximate surface area is 109 Å². The molecule has 1 fully saturated rings. The van der Waals surface area contributed by atoms with E-state index in [0.717, 1.165) is 0 Å². The summed E-state index contributed by atoms with van der Waals surface area (Å²) in [6, 6.07) is 4.64. The quantitative estimate of drug-likeness (QED) is 0.867. The lowest BCUT2D eigenvalue weighted by Crippen LogP contribution is -2.48. The summed E-state index contributed by atoms with van der Waals surface area (Å²) in [6.45, 7) is 1.70. The fraction of sp³-hybridized carbons (Fsp3) is 0.364. The Bertz CT molecular complexity index is 420. The zero-order chi connectivity index (χ0) is 12.3. The summed E-state index contributed by atoms with van der Waals surface area (Å²) in [5, 5.41) is 6.70. The van der Waals surface area contributed by atoms with Gasteiger partial charge in [-0.05, 0) is 18.2 Å². The molecule has 92 valence electrons. The average molecular weight is 275 g/mol. The molecule has 17 heavy (non-hydrogen) atoms. The highest BCUT2D eigenvalue weighted by atomic mass is 35.5. The number of halogens is 2. The van der Waals surface area contributed by atoms with Crippen LogP contribution in [0, 0.1) is 0 Å². The number of anilines is 1. The van der Waals surface area contributed by atoms with Gasteiger partial charge in [-0.25, -0.2) is 0 Å². The fourth-order valence-corrected chi connectivity index (χ4v) is 1.84. The molecule has 0 radical (unpaired) electrons. The minimum atomic E-state index is -0.321. The minimum absolute atomic E-state index is 0.136. The summed E-state index contributed by atoms with van der Waals surface area (Å²) in [6.07, 6.45) is 0. The zero-order valence-corrected chi connectivity index (χ0v) is 10.5. The van der Waals surface area contributed by atoms with Crippen molar-refractivity contribution in [2.45, 2.75) is 6.04 Å². The van der Waals surface area contributed by atoms with E-state index in [1.807, 2.05) is 0 Å². The van der Waals surface area contributed by atoms with Crippen molar-refractivity contribution in [3.8, 4) is 0 Å². The number of rotatable bonds is 2. The van der Waals surface area contributed by atoms with Crippen molar-refractivity contribution < 1.29 is 9.53 Å². The highest BCUT2D eigenvalue weighted by molar-refractivity contribution is 6.42. The molecule has 1 atom stereocenters. The predicted octanol–water partition coefficient (Wildman–Crippen LogP) is 1.92. The first-order valence-electron chi connectivity index (χ1n) is 5.24. The van der Waals surface area contributed by atoms with E-state index in [9.17, 15) is 4.79 Å². The lowest BCUT2D eigenvalue weighted by molar-refractivity contribution is -0.120. The molecule has 1 unspecified atom stereocenters. The smallest absolute Gasteiger partial charge is 0.243 e. The summed E-state index contributed by atoms with van der Waals surface area (Å²) < 4.78 is 5.21. The predicted molar refractivity (Wildman–Crippen MR) is 67.7 cm³/mol. The molecule has 6 heteroatoms. The molecule has 1 saturated heterocycles. The van der Waals surface area contributed by atoms with Crippen molar-refractivity contribution in [1.29, 1.82) is 0 Å². The molecule has 1 amide bonds. The summed E-state index contributed by atoms with van der Waals surface area (Å²) in [5.74, 6) is -0.136. The van der Waals surface area contributed by atoms with Gasteiger partial charge < -0.3 is 15.4 Å². The van der Waals surface area contributed by atoms with E-state index in [-0.39, 0.29) is 11.9 Å². The van der Waals surface area contributed by atoms with Gasteiger partial charge in [0, 0.05) is 12.2 Å². The highest BCUT2D eigenvalue weighted by Crippen LogP contribution is 2.25. The fourth-order valence-electron chi connectivity index (χ4n) is 1.54. The van der Waals surface area contributed by atoms with Crippen LogP contribution in [0.5, 0.6) is 0 Å². The van der Waals surface area contributed by atoms with Crippen molar-refractivity contribution in [2.24, 2.45) is 0 Å². The number of amides is 1. The van der Waals surface area contributed by atoms with E-state index in [4.69, 9.17) is 27.9 Å². The molecule has 2 rings (SSSR count). The first kappa shape index (κ1) is 12.6. The third kappa shape index (κ3) is 3.33. The number of morpholine rings is 1. The first-order chi connectivity index (χ1) is 8.16.